The Hall–Kier alpha value is -2.56. The largest absolute Gasteiger partial charge is 0.351 e. The number of allylic oxidation sites excluding steroid dienone is 1. The van der Waals surface area contributed by atoms with E-state index >= 15 is 0 Å². The van der Waals surface area contributed by atoms with Crippen LogP contribution < -0.4 is 5.32 Å². The first-order valence-electron chi connectivity index (χ1n) is 7.41. The standard InChI is InChI=1S/C18H16F2N2O/c1-11-4-7-15(14-3-2-8-21-17(11)14)18(23)22-10-12-5-6-13(19)9-16(12)20/h2-3,5-6,8-9,15H,1,4,7,10H2,(H,22,23). The minimum absolute atomic E-state index is 0.0258. The summed E-state index contributed by atoms with van der Waals surface area (Å²) in [5.74, 6) is -1.81. The lowest BCUT2D eigenvalue weighted by atomic mass is 9.83. The van der Waals surface area contributed by atoms with Crippen molar-refractivity contribution in [3.05, 3.63) is 71.6 Å². The molecule has 1 heterocycles. The quantitative estimate of drug-likeness (QED) is 0.941. The van der Waals surface area contributed by atoms with Gasteiger partial charge in [-0.1, -0.05) is 18.7 Å². The molecule has 1 aromatic carbocycles. The molecular formula is C18H16F2N2O. The summed E-state index contributed by atoms with van der Waals surface area (Å²) < 4.78 is 26.5. The van der Waals surface area contributed by atoms with Gasteiger partial charge in [-0.25, -0.2) is 8.78 Å². The first-order chi connectivity index (χ1) is 11.1. The summed E-state index contributed by atoms with van der Waals surface area (Å²) in [5.41, 5.74) is 2.80. The van der Waals surface area contributed by atoms with Gasteiger partial charge < -0.3 is 5.32 Å². The van der Waals surface area contributed by atoms with E-state index in [2.05, 4.69) is 16.9 Å². The van der Waals surface area contributed by atoms with E-state index in [1.807, 2.05) is 6.07 Å². The van der Waals surface area contributed by atoms with Crippen molar-refractivity contribution in [2.24, 2.45) is 0 Å². The number of hydrogen-bond acceptors (Lipinski definition) is 2. The molecule has 1 N–H and O–H groups in total. The topological polar surface area (TPSA) is 42.0 Å². The number of hydrogen-bond donors (Lipinski definition) is 1. The highest BCUT2D eigenvalue weighted by molar-refractivity contribution is 5.86. The fourth-order valence-electron chi connectivity index (χ4n) is 2.83. The molecule has 118 valence electrons. The number of benzene rings is 1. The van der Waals surface area contributed by atoms with E-state index in [1.165, 1.54) is 12.1 Å². The summed E-state index contributed by atoms with van der Waals surface area (Å²) in [6, 6.07) is 6.98. The van der Waals surface area contributed by atoms with Gasteiger partial charge in [0.1, 0.15) is 11.6 Å². The number of halogens is 2. The van der Waals surface area contributed by atoms with Gasteiger partial charge in [0.2, 0.25) is 5.91 Å². The highest BCUT2D eigenvalue weighted by atomic mass is 19.1. The van der Waals surface area contributed by atoms with Gasteiger partial charge in [0.25, 0.3) is 0 Å². The van der Waals surface area contributed by atoms with Crippen LogP contribution in [0.25, 0.3) is 5.57 Å². The summed E-state index contributed by atoms with van der Waals surface area (Å²) in [7, 11) is 0. The van der Waals surface area contributed by atoms with Crippen molar-refractivity contribution in [2.45, 2.75) is 25.3 Å². The van der Waals surface area contributed by atoms with Crippen molar-refractivity contribution in [3.63, 3.8) is 0 Å². The van der Waals surface area contributed by atoms with Crippen LogP contribution in [0.2, 0.25) is 0 Å². The number of carbonyl (C=O) groups excluding carboxylic acids is 1. The van der Waals surface area contributed by atoms with E-state index in [0.717, 1.165) is 22.9 Å². The predicted octanol–water partition coefficient (Wildman–Crippen LogP) is 3.57. The van der Waals surface area contributed by atoms with Crippen molar-refractivity contribution in [1.82, 2.24) is 10.3 Å². The molecule has 1 atom stereocenters. The van der Waals surface area contributed by atoms with Crippen LogP contribution in [0.5, 0.6) is 0 Å². The van der Waals surface area contributed by atoms with E-state index in [9.17, 15) is 13.6 Å². The highest BCUT2D eigenvalue weighted by Gasteiger charge is 2.28. The van der Waals surface area contributed by atoms with Crippen LogP contribution in [0.1, 0.15) is 35.6 Å². The Morgan fingerprint density at radius 2 is 2.17 bits per heavy atom. The van der Waals surface area contributed by atoms with Crippen molar-refractivity contribution in [1.29, 1.82) is 0 Å². The first-order valence-corrected chi connectivity index (χ1v) is 7.41. The number of carbonyl (C=O) groups is 1. The zero-order chi connectivity index (χ0) is 16.4. The number of amides is 1. The number of rotatable bonds is 3. The van der Waals surface area contributed by atoms with Crippen LogP contribution in [0.3, 0.4) is 0 Å². The highest BCUT2D eigenvalue weighted by Crippen LogP contribution is 2.36. The molecular weight excluding hydrogens is 298 g/mol. The molecule has 1 aliphatic rings. The first kappa shape index (κ1) is 15.3. The molecule has 0 radical (unpaired) electrons. The molecule has 0 aliphatic heterocycles. The number of fused-ring (bicyclic) bond motifs is 1. The van der Waals surface area contributed by atoms with E-state index in [0.29, 0.717) is 12.8 Å². The predicted molar refractivity (Wildman–Crippen MR) is 83.5 cm³/mol. The molecule has 1 aliphatic carbocycles. The Morgan fingerprint density at radius 3 is 2.96 bits per heavy atom. The lowest BCUT2D eigenvalue weighted by Gasteiger charge is -2.25. The molecule has 1 unspecified atom stereocenters. The number of nitrogens with zero attached hydrogens (tertiary/aromatic N) is 1. The molecule has 0 spiro atoms. The SMILES string of the molecule is C=C1CCC(C(=O)NCc2ccc(F)cc2F)c2cccnc21. The van der Waals surface area contributed by atoms with Crippen molar-refractivity contribution in [3.8, 4) is 0 Å². The van der Waals surface area contributed by atoms with Gasteiger partial charge in [-0.3, -0.25) is 9.78 Å². The average molecular weight is 314 g/mol. The number of aromatic nitrogens is 1. The third kappa shape index (κ3) is 3.13. The maximum absolute atomic E-state index is 13.6. The van der Waals surface area contributed by atoms with Crippen molar-refractivity contribution >= 4 is 11.5 Å². The molecule has 23 heavy (non-hydrogen) atoms. The summed E-state index contributed by atoms with van der Waals surface area (Å²) >= 11 is 0. The maximum atomic E-state index is 13.6. The van der Waals surface area contributed by atoms with Gasteiger partial charge >= 0.3 is 0 Å². The smallest absolute Gasteiger partial charge is 0.227 e. The van der Waals surface area contributed by atoms with Crippen LogP contribution in [-0.2, 0) is 11.3 Å². The molecule has 0 saturated carbocycles. The second-order valence-electron chi connectivity index (χ2n) is 5.59. The molecule has 2 aromatic rings. The Labute approximate surface area is 133 Å². The van der Waals surface area contributed by atoms with E-state index in [4.69, 9.17) is 0 Å². The van der Waals surface area contributed by atoms with Gasteiger partial charge in [-0.05, 0) is 36.1 Å². The Balaban J connectivity index is 1.74. The molecule has 1 amide bonds. The van der Waals surface area contributed by atoms with Gasteiger partial charge in [0, 0.05) is 24.4 Å². The van der Waals surface area contributed by atoms with Gasteiger partial charge in [0.05, 0.1) is 11.6 Å². The van der Waals surface area contributed by atoms with E-state index in [1.54, 1.807) is 12.3 Å². The van der Waals surface area contributed by atoms with Gasteiger partial charge in [-0.2, -0.15) is 0 Å². The molecule has 0 fully saturated rings. The van der Waals surface area contributed by atoms with Gasteiger partial charge in [0.15, 0.2) is 0 Å². The normalized spacial score (nSPS) is 16.8. The zero-order valence-electron chi connectivity index (χ0n) is 12.5. The summed E-state index contributed by atoms with van der Waals surface area (Å²) in [5, 5.41) is 2.73. The van der Waals surface area contributed by atoms with Crippen LogP contribution >= 0.6 is 0 Å². The average Bonchev–Trinajstić information content (AvgIpc) is 2.54. The summed E-state index contributed by atoms with van der Waals surface area (Å²) in [6.45, 7) is 4.01. The number of pyridine rings is 1. The second kappa shape index (κ2) is 6.28. The molecule has 3 rings (SSSR count). The van der Waals surface area contributed by atoms with Crippen LogP contribution in [0.4, 0.5) is 8.78 Å². The fraction of sp³-hybridized carbons (Fsp3) is 0.222. The van der Waals surface area contributed by atoms with E-state index < -0.39 is 11.6 Å². The van der Waals surface area contributed by atoms with Crippen molar-refractivity contribution < 1.29 is 13.6 Å². The van der Waals surface area contributed by atoms with Gasteiger partial charge in [-0.15, -0.1) is 0 Å². The lowest BCUT2D eigenvalue weighted by Crippen LogP contribution is -2.31. The molecule has 5 heteroatoms. The Kier molecular flexibility index (Phi) is 4.19. The minimum atomic E-state index is -0.663. The van der Waals surface area contributed by atoms with Crippen LogP contribution in [0.15, 0.2) is 43.1 Å². The van der Waals surface area contributed by atoms with E-state index in [-0.39, 0.29) is 23.9 Å². The number of nitrogens with one attached hydrogen (secondary N) is 1. The molecule has 3 nitrogen and oxygen atoms in total. The van der Waals surface area contributed by atoms with Crippen LogP contribution in [0, 0.1) is 11.6 Å². The monoisotopic (exact) mass is 314 g/mol. The third-order valence-corrected chi connectivity index (χ3v) is 4.07. The van der Waals surface area contributed by atoms with Crippen LogP contribution in [-0.4, -0.2) is 10.9 Å². The fourth-order valence-corrected chi connectivity index (χ4v) is 2.83. The molecule has 0 bridgehead atoms. The summed E-state index contributed by atoms with van der Waals surface area (Å²) in [6.07, 6.45) is 3.03. The molecule has 1 aromatic heterocycles. The Morgan fingerprint density at radius 1 is 1.35 bits per heavy atom. The zero-order valence-corrected chi connectivity index (χ0v) is 12.5. The maximum Gasteiger partial charge on any atom is 0.227 e. The molecule has 0 saturated heterocycles. The second-order valence-corrected chi connectivity index (χ2v) is 5.59. The minimum Gasteiger partial charge on any atom is -0.351 e. The Bertz CT molecular complexity index is 773. The third-order valence-electron chi connectivity index (χ3n) is 4.07. The summed E-state index contributed by atoms with van der Waals surface area (Å²) in [4.78, 5) is 16.7. The van der Waals surface area contributed by atoms with Crippen molar-refractivity contribution in [2.75, 3.05) is 0 Å². The lowest BCUT2D eigenvalue weighted by molar-refractivity contribution is -0.122.